The Morgan fingerprint density at radius 3 is 2.19 bits per heavy atom. The Morgan fingerprint density at radius 1 is 0.972 bits per heavy atom. The lowest BCUT2D eigenvalue weighted by atomic mass is 9.72. The summed E-state index contributed by atoms with van der Waals surface area (Å²) in [4.78, 5) is 16.0. The van der Waals surface area contributed by atoms with Crippen LogP contribution in [0.25, 0.3) is 0 Å². The van der Waals surface area contributed by atoms with E-state index in [0.29, 0.717) is 34.5 Å². The first-order valence-corrected chi connectivity index (χ1v) is 12.3. The van der Waals surface area contributed by atoms with E-state index in [0.717, 1.165) is 37.1 Å². The largest absolute Gasteiger partial charge is 0.493 e. The predicted molar refractivity (Wildman–Crippen MR) is 130 cm³/mol. The summed E-state index contributed by atoms with van der Waals surface area (Å²) in [7, 11) is 4.72. The Hall–Kier alpha value is -3.33. The van der Waals surface area contributed by atoms with E-state index >= 15 is 0 Å². The van der Waals surface area contributed by atoms with Crippen LogP contribution in [0, 0.1) is 5.92 Å². The summed E-state index contributed by atoms with van der Waals surface area (Å²) in [6.07, 6.45) is 2.08. The molecule has 0 amide bonds. The Labute approximate surface area is 211 Å². The third kappa shape index (κ3) is 3.86. The molecule has 3 atom stereocenters. The highest BCUT2D eigenvalue weighted by Crippen LogP contribution is 2.55. The smallest absolute Gasteiger partial charge is 0.315 e. The molecule has 2 aromatic rings. The number of hydrogen-bond acceptors (Lipinski definition) is 9. The van der Waals surface area contributed by atoms with Crippen molar-refractivity contribution in [3.05, 3.63) is 35.4 Å². The first kappa shape index (κ1) is 24.4. The maximum Gasteiger partial charge on any atom is 0.315 e. The van der Waals surface area contributed by atoms with Crippen LogP contribution in [-0.4, -0.2) is 64.4 Å². The van der Waals surface area contributed by atoms with Crippen molar-refractivity contribution in [1.29, 1.82) is 0 Å². The third-order valence-corrected chi connectivity index (χ3v) is 7.39. The summed E-state index contributed by atoms with van der Waals surface area (Å²) < 4.78 is 40.6. The standard InChI is InChI=1S/C27H33NO8/c1-6-33-26(29)24-23(16-11-21(30-3)25(32-5)22(12-16)31-4)17-13-19-20(35-15-34-19)14-18(17)36-27(24,2)28-9-7-8-10-28/h11-14,23-24H,6-10,15H2,1-5H3/t23-,24-,27?/m1/s1. The number of rotatable bonds is 7. The van der Waals surface area contributed by atoms with Gasteiger partial charge in [-0.1, -0.05) is 0 Å². The Balaban J connectivity index is 1.77. The summed E-state index contributed by atoms with van der Waals surface area (Å²) in [6.45, 7) is 5.86. The number of fused-ring (bicyclic) bond motifs is 2. The van der Waals surface area contributed by atoms with Crippen molar-refractivity contribution in [2.24, 2.45) is 5.92 Å². The molecule has 3 aliphatic heterocycles. The molecule has 9 nitrogen and oxygen atoms in total. The van der Waals surface area contributed by atoms with Gasteiger partial charge in [-0.05, 0) is 50.5 Å². The molecule has 36 heavy (non-hydrogen) atoms. The second-order valence-corrected chi connectivity index (χ2v) is 9.26. The molecule has 9 heteroatoms. The van der Waals surface area contributed by atoms with E-state index in [-0.39, 0.29) is 19.4 Å². The highest BCUT2D eigenvalue weighted by Gasteiger charge is 2.56. The van der Waals surface area contributed by atoms with Crippen molar-refractivity contribution in [3.63, 3.8) is 0 Å². The molecular weight excluding hydrogens is 466 g/mol. The Morgan fingerprint density at radius 2 is 1.61 bits per heavy atom. The molecule has 0 aromatic heterocycles. The minimum Gasteiger partial charge on any atom is -0.493 e. The topological polar surface area (TPSA) is 84.9 Å². The molecule has 3 aliphatic rings. The van der Waals surface area contributed by atoms with Gasteiger partial charge in [-0.3, -0.25) is 9.69 Å². The van der Waals surface area contributed by atoms with Crippen LogP contribution < -0.4 is 28.4 Å². The van der Waals surface area contributed by atoms with E-state index in [2.05, 4.69) is 4.90 Å². The summed E-state index contributed by atoms with van der Waals surface area (Å²) >= 11 is 0. The van der Waals surface area contributed by atoms with Gasteiger partial charge in [-0.25, -0.2) is 0 Å². The molecular formula is C27H33NO8. The first-order valence-electron chi connectivity index (χ1n) is 12.3. The SMILES string of the molecule is CCOC(=O)[C@H]1[C@H](c2cc(OC)c(OC)c(OC)c2)c2cc3c(cc2OC1(C)N1CCCC1)OCO3. The molecule has 3 heterocycles. The number of carbonyl (C=O) groups is 1. The molecule has 0 bridgehead atoms. The first-order chi connectivity index (χ1) is 17.4. The summed E-state index contributed by atoms with van der Waals surface area (Å²) in [6, 6.07) is 7.55. The van der Waals surface area contributed by atoms with Gasteiger partial charge in [0.15, 0.2) is 28.7 Å². The minimum absolute atomic E-state index is 0.137. The van der Waals surface area contributed by atoms with Crippen LogP contribution in [0.2, 0.25) is 0 Å². The fraction of sp³-hybridized carbons (Fsp3) is 0.519. The zero-order valence-electron chi connectivity index (χ0n) is 21.4. The molecule has 1 saturated heterocycles. The van der Waals surface area contributed by atoms with Gasteiger partial charge < -0.3 is 33.2 Å². The maximum absolute atomic E-state index is 13.8. The lowest BCUT2D eigenvalue weighted by Gasteiger charge is -2.49. The molecule has 0 spiro atoms. The molecule has 0 radical (unpaired) electrons. The molecule has 5 rings (SSSR count). The van der Waals surface area contributed by atoms with Gasteiger partial charge in [0.25, 0.3) is 0 Å². The third-order valence-electron chi connectivity index (χ3n) is 7.39. The van der Waals surface area contributed by atoms with E-state index in [1.54, 1.807) is 21.3 Å². The Kier molecular flexibility index (Phi) is 6.51. The number of nitrogens with zero attached hydrogens (tertiary/aromatic N) is 1. The number of methoxy groups -OCH3 is 3. The van der Waals surface area contributed by atoms with Gasteiger partial charge in [0.1, 0.15) is 11.7 Å². The Bertz CT molecular complexity index is 1120. The second-order valence-electron chi connectivity index (χ2n) is 9.26. The van der Waals surface area contributed by atoms with Crippen LogP contribution in [0.15, 0.2) is 24.3 Å². The molecule has 0 aliphatic carbocycles. The van der Waals surface area contributed by atoms with Crippen LogP contribution >= 0.6 is 0 Å². The van der Waals surface area contributed by atoms with Crippen LogP contribution in [0.3, 0.4) is 0 Å². The van der Waals surface area contributed by atoms with E-state index in [4.69, 9.17) is 33.2 Å². The number of carbonyl (C=O) groups excluding carboxylic acids is 1. The van der Waals surface area contributed by atoms with Crippen molar-refractivity contribution in [2.45, 2.75) is 38.3 Å². The van der Waals surface area contributed by atoms with Crippen molar-refractivity contribution >= 4 is 5.97 Å². The lowest BCUT2D eigenvalue weighted by Crippen LogP contribution is -2.61. The molecule has 2 aromatic carbocycles. The number of ether oxygens (including phenoxy) is 7. The van der Waals surface area contributed by atoms with Crippen LogP contribution in [-0.2, 0) is 9.53 Å². The summed E-state index contributed by atoms with van der Waals surface area (Å²) in [5, 5.41) is 0. The summed E-state index contributed by atoms with van der Waals surface area (Å²) in [5.41, 5.74) is 0.675. The highest BCUT2D eigenvalue weighted by molar-refractivity contribution is 5.78. The molecule has 1 unspecified atom stereocenters. The van der Waals surface area contributed by atoms with E-state index in [1.807, 2.05) is 38.1 Å². The van der Waals surface area contributed by atoms with Gasteiger partial charge in [-0.15, -0.1) is 0 Å². The van der Waals surface area contributed by atoms with Gasteiger partial charge in [0, 0.05) is 30.6 Å². The average Bonchev–Trinajstić information content (AvgIpc) is 3.58. The maximum atomic E-state index is 13.8. The molecule has 1 fully saturated rings. The van der Waals surface area contributed by atoms with Crippen molar-refractivity contribution in [3.8, 4) is 34.5 Å². The highest BCUT2D eigenvalue weighted by atomic mass is 16.7. The van der Waals surface area contributed by atoms with Gasteiger partial charge in [0.2, 0.25) is 12.5 Å². The fourth-order valence-electron chi connectivity index (χ4n) is 5.71. The quantitative estimate of drug-likeness (QED) is 0.526. The monoisotopic (exact) mass is 499 g/mol. The molecule has 0 N–H and O–H groups in total. The van der Waals surface area contributed by atoms with Gasteiger partial charge >= 0.3 is 5.97 Å². The van der Waals surface area contributed by atoms with E-state index < -0.39 is 17.6 Å². The minimum atomic E-state index is -0.950. The zero-order chi connectivity index (χ0) is 25.4. The fourth-order valence-corrected chi connectivity index (χ4v) is 5.71. The lowest BCUT2D eigenvalue weighted by molar-refractivity contribution is -0.174. The normalized spacial score (nSPS) is 24.6. The van der Waals surface area contributed by atoms with Crippen molar-refractivity contribution in [1.82, 2.24) is 4.90 Å². The van der Waals surface area contributed by atoms with Crippen LogP contribution in [0.1, 0.15) is 43.7 Å². The second kappa shape index (κ2) is 9.61. The van der Waals surface area contributed by atoms with Crippen LogP contribution in [0.5, 0.6) is 34.5 Å². The van der Waals surface area contributed by atoms with Gasteiger partial charge in [0.05, 0.1) is 27.9 Å². The number of hydrogen-bond donors (Lipinski definition) is 0. The predicted octanol–water partition coefficient (Wildman–Crippen LogP) is 3.96. The van der Waals surface area contributed by atoms with Crippen molar-refractivity contribution < 1.29 is 38.0 Å². The van der Waals surface area contributed by atoms with Crippen molar-refractivity contribution in [2.75, 3.05) is 47.8 Å². The molecule has 0 saturated carbocycles. The zero-order valence-corrected chi connectivity index (χ0v) is 21.4. The number of benzene rings is 2. The summed E-state index contributed by atoms with van der Waals surface area (Å²) in [5.74, 6) is 1.93. The van der Waals surface area contributed by atoms with Gasteiger partial charge in [-0.2, -0.15) is 0 Å². The molecule has 194 valence electrons. The van der Waals surface area contributed by atoms with Crippen LogP contribution in [0.4, 0.5) is 0 Å². The van der Waals surface area contributed by atoms with E-state index in [9.17, 15) is 4.79 Å². The van der Waals surface area contributed by atoms with E-state index in [1.165, 1.54) is 0 Å². The average molecular weight is 500 g/mol. The number of esters is 1. The number of likely N-dealkylation sites (tertiary alicyclic amines) is 1.